The molecule has 1 saturated heterocycles. The summed E-state index contributed by atoms with van der Waals surface area (Å²) in [6, 6.07) is 23.5. The van der Waals surface area contributed by atoms with Gasteiger partial charge in [-0.3, -0.25) is 9.59 Å². The minimum Gasteiger partial charge on any atom is -0.465 e. The van der Waals surface area contributed by atoms with Crippen molar-refractivity contribution in [2.75, 3.05) is 12.0 Å². The Bertz CT molecular complexity index is 1410. The number of rotatable bonds is 4. The highest BCUT2D eigenvalue weighted by molar-refractivity contribution is 6.25. The molecule has 184 valence electrons. The minimum atomic E-state index is -0.573. The van der Waals surface area contributed by atoms with Gasteiger partial charge in [0.15, 0.2) is 0 Å². The lowest BCUT2D eigenvalue weighted by atomic mass is 9.85. The molecule has 1 saturated carbocycles. The number of ether oxygens (including phenoxy) is 1. The highest BCUT2D eigenvalue weighted by Crippen LogP contribution is 2.59. The summed E-state index contributed by atoms with van der Waals surface area (Å²) in [6.07, 6.45) is 4.18. The third-order valence-electron chi connectivity index (χ3n) is 7.94. The molecule has 4 atom stereocenters. The van der Waals surface area contributed by atoms with Crippen molar-refractivity contribution in [3.63, 3.8) is 0 Å². The van der Waals surface area contributed by atoms with Gasteiger partial charge in [-0.1, -0.05) is 83.9 Å². The van der Waals surface area contributed by atoms with E-state index in [1.54, 1.807) is 24.3 Å². The van der Waals surface area contributed by atoms with Gasteiger partial charge in [-0.25, -0.2) is 9.69 Å². The smallest absolute Gasteiger partial charge is 0.339 e. The van der Waals surface area contributed by atoms with Crippen molar-refractivity contribution in [3.05, 3.63) is 118 Å². The average molecular weight is 490 g/mol. The zero-order valence-corrected chi connectivity index (χ0v) is 21.0. The van der Waals surface area contributed by atoms with E-state index >= 15 is 0 Å². The lowest BCUT2D eigenvalue weighted by Crippen LogP contribution is -2.34. The number of para-hydroxylation sites is 1. The van der Waals surface area contributed by atoms with E-state index in [-0.39, 0.29) is 29.2 Å². The lowest BCUT2D eigenvalue weighted by Gasteiger charge is -2.22. The van der Waals surface area contributed by atoms with Crippen LogP contribution in [-0.4, -0.2) is 24.9 Å². The van der Waals surface area contributed by atoms with Crippen LogP contribution in [0, 0.1) is 37.5 Å². The van der Waals surface area contributed by atoms with Gasteiger partial charge in [-0.15, -0.1) is 0 Å². The number of hydrogen-bond donors (Lipinski definition) is 0. The van der Waals surface area contributed by atoms with Gasteiger partial charge in [-0.05, 0) is 48.3 Å². The molecule has 3 aromatic rings. The maximum Gasteiger partial charge on any atom is 0.339 e. The molecule has 6 rings (SSSR count). The number of imide groups is 1. The third kappa shape index (κ3) is 3.49. The number of nitrogens with zero attached hydrogens (tertiary/aromatic N) is 1. The fourth-order valence-electron chi connectivity index (χ4n) is 6.23. The summed E-state index contributed by atoms with van der Waals surface area (Å²) in [7, 11) is 1.29. The molecular weight excluding hydrogens is 462 g/mol. The summed E-state index contributed by atoms with van der Waals surface area (Å²) < 4.78 is 4.91. The molecule has 0 spiro atoms. The first-order chi connectivity index (χ1) is 17.9. The van der Waals surface area contributed by atoms with Crippen LogP contribution in [0.4, 0.5) is 5.69 Å². The first-order valence-corrected chi connectivity index (χ1v) is 12.5. The third-order valence-corrected chi connectivity index (χ3v) is 7.94. The van der Waals surface area contributed by atoms with E-state index < -0.39 is 17.8 Å². The van der Waals surface area contributed by atoms with Gasteiger partial charge >= 0.3 is 5.97 Å². The number of fused-ring (bicyclic) bond motifs is 5. The molecule has 3 aromatic carbocycles. The van der Waals surface area contributed by atoms with Crippen LogP contribution in [0.3, 0.4) is 0 Å². The molecular formula is C32H27NO4. The van der Waals surface area contributed by atoms with Crippen LogP contribution in [0.2, 0.25) is 0 Å². The number of carbonyl (C=O) groups excluding carboxylic acids is 3. The van der Waals surface area contributed by atoms with Crippen molar-refractivity contribution >= 4 is 29.0 Å². The van der Waals surface area contributed by atoms with E-state index in [1.807, 2.05) is 0 Å². The molecule has 5 heteroatoms. The zero-order chi connectivity index (χ0) is 25.8. The van der Waals surface area contributed by atoms with Gasteiger partial charge in [0.25, 0.3) is 0 Å². The van der Waals surface area contributed by atoms with Crippen molar-refractivity contribution < 1.29 is 19.1 Å². The van der Waals surface area contributed by atoms with Gasteiger partial charge in [0.05, 0.1) is 30.2 Å². The van der Waals surface area contributed by atoms with E-state index in [1.165, 1.54) is 23.1 Å². The van der Waals surface area contributed by atoms with Crippen molar-refractivity contribution in [1.29, 1.82) is 0 Å². The van der Waals surface area contributed by atoms with Crippen LogP contribution in [0.5, 0.6) is 0 Å². The monoisotopic (exact) mass is 489 g/mol. The van der Waals surface area contributed by atoms with E-state index in [9.17, 15) is 14.4 Å². The van der Waals surface area contributed by atoms with Gasteiger partial charge in [0, 0.05) is 11.8 Å². The van der Waals surface area contributed by atoms with Crippen molar-refractivity contribution in [2.24, 2.45) is 23.7 Å². The van der Waals surface area contributed by atoms with E-state index in [0.29, 0.717) is 5.69 Å². The minimum absolute atomic E-state index is 0.181. The average Bonchev–Trinajstić information content (AvgIpc) is 3.55. The summed E-state index contributed by atoms with van der Waals surface area (Å²) >= 11 is 0. The maximum atomic E-state index is 13.9. The Morgan fingerprint density at radius 3 is 1.70 bits per heavy atom. The molecule has 5 nitrogen and oxygen atoms in total. The van der Waals surface area contributed by atoms with Crippen LogP contribution < -0.4 is 4.90 Å². The normalized spacial score (nSPS) is 23.5. The summed E-state index contributed by atoms with van der Waals surface area (Å²) in [5, 5.41) is 0. The SMILES string of the molecule is COC(=O)c1ccccc1N1C(=O)C2C3C=CC(C3=C(c3ccc(C)cc3)c3ccc(C)cc3)C2C1=O. The number of carbonyl (C=O) groups is 3. The Hall–Kier alpha value is -4.25. The fraction of sp³-hybridized carbons (Fsp3) is 0.219. The first-order valence-electron chi connectivity index (χ1n) is 12.5. The van der Waals surface area contributed by atoms with Crippen molar-refractivity contribution in [1.82, 2.24) is 0 Å². The summed E-state index contributed by atoms with van der Waals surface area (Å²) in [6.45, 7) is 4.12. The number of allylic oxidation sites excluding steroid dienone is 3. The molecule has 2 fully saturated rings. The second-order valence-corrected chi connectivity index (χ2v) is 10.1. The van der Waals surface area contributed by atoms with Crippen molar-refractivity contribution in [3.8, 4) is 0 Å². The molecule has 2 amide bonds. The quantitative estimate of drug-likeness (QED) is 0.275. The Kier molecular flexibility index (Phi) is 5.45. The number of benzene rings is 3. The van der Waals surface area contributed by atoms with Gasteiger partial charge in [0.1, 0.15) is 0 Å². The van der Waals surface area contributed by atoms with Crippen LogP contribution in [-0.2, 0) is 14.3 Å². The predicted octanol–water partition coefficient (Wildman–Crippen LogP) is 5.51. The maximum absolute atomic E-state index is 13.9. The second kappa shape index (κ2) is 8.70. The standard InChI is InChI=1S/C32H27NO4/c1-18-8-12-20(13-9-18)26(21-14-10-19(2)11-15-21)27-23-16-17-24(27)29-28(23)30(34)33(31(29)35)25-7-5-4-6-22(25)32(36)37-3/h4-17,23-24,28-29H,1-3H3. The molecule has 0 radical (unpaired) electrons. The van der Waals surface area contributed by atoms with Crippen LogP contribution in [0.1, 0.15) is 32.6 Å². The Morgan fingerprint density at radius 2 is 1.22 bits per heavy atom. The summed E-state index contributed by atoms with van der Waals surface area (Å²) in [5.41, 5.74) is 7.23. The number of anilines is 1. The van der Waals surface area contributed by atoms with Gasteiger partial charge in [0.2, 0.25) is 11.8 Å². The zero-order valence-electron chi connectivity index (χ0n) is 21.0. The number of amides is 2. The molecule has 2 aliphatic carbocycles. The Morgan fingerprint density at radius 1 is 0.730 bits per heavy atom. The number of methoxy groups -OCH3 is 1. The molecule has 2 bridgehead atoms. The molecule has 4 unspecified atom stereocenters. The summed E-state index contributed by atoms with van der Waals surface area (Å²) in [4.78, 5) is 41.4. The Labute approximate surface area is 216 Å². The molecule has 37 heavy (non-hydrogen) atoms. The molecule has 1 aliphatic heterocycles. The number of hydrogen-bond acceptors (Lipinski definition) is 4. The fourth-order valence-corrected chi connectivity index (χ4v) is 6.23. The molecule has 3 aliphatic rings. The van der Waals surface area contributed by atoms with E-state index in [4.69, 9.17) is 4.74 Å². The largest absolute Gasteiger partial charge is 0.465 e. The predicted molar refractivity (Wildman–Crippen MR) is 142 cm³/mol. The molecule has 1 heterocycles. The van der Waals surface area contributed by atoms with Crippen LogP contribution in [0.15, 0.2) is 90.5 Å². The highest BCUT2D eigenvalue weighted by atomic mass is 16.5. The molecule has 0 N–H and O–H groups in total. The summed E-state index contributed by atoms with van der Waals surface area (Å²) in [5.74, 6) is -2.43. The topological polar surface area (TPSA) is 63.7 Å². The highest BCUT2D eigenvalue weighted by Gasteiger charge is 2.62. The van der Waals surface area contributed by atoms with E-state index in [0.717, 1.165) is 22.3 Å². The first kappa shape index (κ1) is 23.2. The van der Waals surface area contributed by atoms with Gasteiger partial charge < -0.3 is 4.74 Å². The van der Waals surface area contributed by atoms with Gasteiger partial charge in [-0.2, -0.15) is 0 Å². The second-order valence-electron chi connectivity index (χ2n) is 10.1. The van der Waals surface area contributed by atoms with Crippen LogP contribution >= 0.6 is 0 Å². The van der Waals surface area contributed by atoms with Crippen LogP contribution in [0.25, 0.3) is 5.57 Å². The number of esters is 1. The Balaban J connectivity index is 1.48. The van der Waals surface area contributed by atoms with Crippen molar-refractivity contribution in [2.45, 2.75) is 13.8 Å². The lowest BCUT2D eigenvalue weighted by molar-refractivity contribution is -0.122. The van der Waals surface area contributed by atoms with E-state index in [2.05, 4.69) is 74.5 Å². The number of aryl methyl sites for hydroxylation is 2. The molecule has 0 aromatic heterocycles.